The molecule has 0 fully saturated rings. The fourth-order valence-electron chi connectivity index (χ4n) is 2.07. The van der Waals surface area contributed by atoms with Crippen LogP contribution in [-0.2, 0) is 14.2 Å². The minimum absolute atomic E-state index is 0.455. The van der Waals surface area contributed by atoms with Crippen LogP contribution in [0.15, 0.2) is 59.9 Å². The molecule has 0 aliphatic heterocycles. The zero-order valence-corrected chi connectivity index (χ0v) is 13.9. The molecular weight excluding hydrogens is 332 g/mol. The summed E-state index contributed by atoms with van der Waals surface area (Å²) in [6, 6.07) is 11.0. The van der Waals surface area contributed by atoms with Crippen LogP contribution in [-0.4, -0.2) is 15.0 Å². The second-order valence-electron chi connectivity index (χ2n) is 4.88. The van der Waals surface area contributed by atoms with Crippen molar-refractivity contribution in [3.63, 3.8) is 0 Å². The first-order valence-electron chi connectivity index (χ1n) is 6.87. The second kappa shape index (κ2) is 6.85. The van der Waals surface area contributed by atoms with Gasteiger partial charge in [0.15, 0.2) is 15.6 Å². The van der Waals surface area contributed by atoms with Crippen LogP contribution in [0.3, 0.4) is 0 Å². The highest BCUT2D eigenvalue weighted by Gasteiger charge is 2.11. The topological polar surface area (TPSA) is 67.8 Å². The molecule has 1 unspecified atom stereocenters. The molecule has 23 heavy (non-hydrogen) atoms. The number of rotatable bonds is 4. The Labute approximate surface area is 140 Å². The van der Waals surface area contributed by atoms with Gasteiger partial charge in [-0.15, -0.1) is 0 Å². The Morgan fingerprint density at radius 3 is 2.78 bits per heavy atom. The van der Waals surface area contributed by atoms with Crippen molar-refractivity contribution in [2.75, 3.05) is 5.32 Å². The lowest BCUT2D eigenvalue weighted by Crippen LogP contribution is -2.00. The second-order valence-corrected chi connectivity index (χ2v) is 6.80. The van der Waals surface area contributed by atoms with Gasteiger partial charge in [0.2, 0.25) is 16.0 Å². The third-order valence-corrected chi connectivity index (χ3v) is 4.55. The van der Waals surface area contributed by atoms with Gasteiger partial charge >= 0.3 is 0 Å². The van der Waals surface area contributed by atoms with Crippen LogP contribution < -0.4 is 5.32 Å². The molecule has 0 amide bonds. The van der Waals surface area contributed by atoms with Crippen molar-refractivity contribution in [3.05, 3.63) is 60.6 Å². The Hall–Kier alpha value is -2.31. The Balaban J connectivity index is 1.92. The van der Waals surface area contributed by atoms with Crippen LogP contribution in [0, 0.1) is 6.92 Å². The van der Waals surface area contributed by atoms with Gasteiger partial charge in [-0.05, 0) is 36.8 Å². The summed E-state index contributed by atoms with van der Waals surface area (Å²) in [4.78, 5) is 13.4. The van der Waals surface area contributed by atoms with Crippen LogP contribution in [0.25, 0.3) is 11.3 Å². The van der Waals surface area contributed by atoms with Crippen LogP contribution in [0.2, 0.25) is 0 Å². The van der Waals surface area contributed by atoms with E-state index in [2.05, 4.69) is 20.3 Å². The van der Waals surface area contributed by atoms with E-state index < -0.39 is 10.0 Å². The number of aromatic nitrogens is 3. The predicted octanol–water partition coefficient (Wildman–Crippen LogP) is 3.80. The minimum atomic E-state index is -1.91. The largest absolute Gasteiger partial charge is 0.324 e. The van der Waals surface area contributed by atoms with Gasteiger partial charge < -0.3 is 5.32 Å². The predicted molar refractivity (Wildman–Crippen MR) is 93.3 cm³/mol. The highest BCUT2D eigenvalue weighted by atomic mass is 35.7. The number of thiol groups is 1. The lowest BCUT2D eigenvalue weighted by molar-refractivity contribution is 0.602. The van der Waals surface area contributed by atoms with E-state index in [9.17, 15) is 4.21 Å². The fraction of sp³-hybridized carbons (Fsp3) is 0.0625. The summed E-state index contributed by atoms with van der Waals surface area (Å²) >= 11 is 0. The van der Waals surface area contributed by atoms with Gasteiger partial charge in [-0.25, -0.2) is 9.97 Å². The average Bonchev–Trinajstić information content (AvgIpc) is 2.58. The molecule has 0 radical (unpaired) electrons. The van der Waals surface area contributed by atoms with Crippen LogP contribution in [0.1, 0.15) is 5.56 Å². The summed E-state index contributed by atoms with van der Waals surface area (Å²) in [5, 5.41) is 3.15. The first kappa shape index (κ1) is 15.6. The maximum absolute atomic E-state index is 11.4. The summed E-state index contributed by atoms with van der Waals surface area (Å²) in [7, 11) is 3.77. The molecule has 5 nitrogen and oxygen atoms in total. The molecule has 0 aliphatic rings. The molecule has 0 aliphatic carbocycles. The quantitative estimate of drug-likeness (QED) is 0.442. The standard InChI is InChI=1S/C16H13ClN4OS/c1-11-4-5-13(23(17)22)9-15(11)21-16-19-8-6-14(20-16)12-3-2-7-18-10-12/h2-10H,1H3,(H,19,20,21)/p+1. The van der Waals surface area contributed by atoms with Crippen LogP contribution in [0.5, 0.6) is 0 Å². The van der Waals surface area contributed by atoms with E-state index >= 15 is 0 Å². The monoisotopic (exact) mass is 345 g/mol. The summed E-state index contributed by atoms with van der Waals surface area (Å²) in [5.74, 6) is 0.455. The van der Waals surface area contributed by atoms with Crippen LogP contribution in [0.4, 0.5) is 11.6 Å². The maximum atomic E-state index is 11.4. The minimum Gasteiger partial charge on any atom is -0.324 e. The summed E-state index contributed by atoms with van der Waals surface area (Å²) in [6.07, 6.45) is 5.14. The molecule has 1 N–H and O–H groups in total. The zero-order chi connectivity index (χ0) is 16.2. The Morgan fingerprint density at radius 1 is 1.17 bits per heavy atom. The molecule has 0 spiro atoms. The molecule has 0 bridgehead atoms. The molecule has 1 atom stereocenters. The first-order chi connectivity index (χ1) is 11.1. The van der Waals surface area contributed by atoms with Crippen molar-refractivity contribution in [2.45, 2.75) is 11.8 Å². The molecule has 116 valence electrons. The molecule has 3 rings (SSSR count). The molecule has 0 saturated carbocycles. The van der Waals surface area contributed by atoms with E-state index in [1.807, 2.05) is 31.2 Å². The zero-order valence-electron chi connectivity index (χ0n) is 12.3. The number of benzene rings is 1. The van der Waals surface area contributed by atoms with Crippen molar-refractivity contribution in [3.8, 4) is 11.3 Å². The van der Waals surface area contributed by atoms with Crippen molar-refractivity contribution in [1.82, 2.24) is 15.0 Å². The third kappa shape index (κ3) is 3.72. The molecule has 0 saturated heterocycles. The van der Waals surface area contributed by atoms with Crippen molar-refractivity contribution in [1.29, 1.82) is 0 Å². The van der Waals surface area contributed by atoms with E-state index in [4.69, 9.17) is 10.7 Å². The van der Waals surface area contributed by atoms with Crippen molar-refractivity contribution in [2.24, 2.45) is 0 Å². The summed E-state index contributed by atoms with van der Waals surface area (Å²) < 4.78 is 11.4. The molecule has 3 aromatic rings. The number of nitrogens with one attached hydrogen (secondary N) is 1. The number of pyridine rings is 1. The highest BCUT2D eigenvalue weighted by Crippen LogP contribution is 2.24. The number of hydrogen-bond acceptors (Lipinski definition) is 5. The first-order valence-corrected chi connectivity index (χ1v) is 9.04. The number of halogens is 1. The molecule has 1 aromatic carbocycles. The van der Waals surface area contributed by atoms with Crippen molar-refractivity contribution < 1.29 is 4.21 Å². The van der Waals surface area contributed by atoms with Gasteiger partial charge in [-0.1, -0.05) is 10.3 Å². The van der Waals surface area contributed by atoms with Crippen LogP contribution >= 0.6 is 10.7 Å². The summed E-state index contributed by atoms with van der Waals surface area (Å²) in [5.41, 5.74) is 3.44. The van der Waals surface area contributed by atoms with Gasteiger partial charge in [0, 0.05) is 35.9 Å². The van der Waals surface area contributed by atoms with Gasteiger partial charge in [0.25, 0.3) is 0 Å². The molecule has 2 aromatic heterocycles. The number of nitrogens with zero attached hydrogens (tertiary/aromatic N) is 3. The number of aryl methyl sites for hydroxylation is 1. The summed E-state index contributed by atoms with van der Waals surface area (Å²) in [6.45, 7) is 1.94. The van der Waals surface area contributed by atoms with E-state index in [-0.39, 0.29) is 0 Å². The normalized spacial score (nSPS) is 11.9. The molecule has 7 heteroatoms. The smallest absolute Gasteiger partial charge is 0.227 e. The van der Waals surface area contributed by atoms with E-state index in [1.54, 1.807) is 30.7 Å². The van der Waals surface area contributed by atoms with Crippen molar-refractivity contribution >= 4 is 32.3 Å². The lowest BCUT2D eigenvalue weighted by Gasteiger charge is -2.09. The Bertz CT molecular complexity index is 858. The van der Waals surface area contributed by atoms with Gasteiger partial charge in [0.1, 0.15) is 0 Å². The molecular formula is C16H14ClN4OS+. The SMILES string of the molecule is Cc1ccc([SH+](=O)Cl)cc1Nc1nccc(-c2cccnc2)n1. The van der Waals surface area contributed by atoms with Gasteiger partial charge in [-0.2, -0.15) is 0 Å². The Kier molecular flexibility index (Phi) is 4.64. The Morgan fingerprint density at radius 2 is 2.04 bits per heavy atom. The third-order valence-electron chi connectivity index (χ3n) is 3.28. The fourth-order valence-corrected chi connectivity index (χ4v) is 2.81. The van der Waals surface area contributed by atoms with Gasteiger partial charge in [0.05, 0.1) is 5.69 Å². The van der Waals surface area contributed by atoms with E-state index in [0.29, 0.717) is 10.8 Å². The van der Waals surface area contributed by atoms with Gasteiger partial charge in [-0.3, -0.25) is 4.98 Å². The average molecular weight is 346 g/mol. The number of anilines is 2. The number of hydrogen-bond donors (Lipinski definition) is 1. The lowest BCUT2D eigenvalue weighted by atomic mass is 10.2. The van der Waals surface area contributed by atoms with E-state index in [1.165, 1.54) is 0 Å². The molecule has 2 heterocycles. The van der Waals surface area contributed by atoms with E-state index in [0.717, 1.165) is 22.5 Å². The highest BCUT2D eigenvalue weighted by molar-refractivity contribution is 8.08. The maximum Gasteiger partial charge on any atom is 0.227 e.